The number of halogens is 1. The number of anilines is 1. The monoisotopic (exact) mass is 587 g/mol. The predicted molar refractivity (Wildman–Crippen MR) is 155 cm³/mol. The molecule has 3 aromatic rings. The lowest BCUT2D eigenvalue weighted by Gasteiger charge is -2.33. The summed E-state index contributed by atoms with van der Waals surface area (Å²) in [5, 5.41) is 3.21. The minimum Gasteiger partial charge on any atom is -0.493 e. The number of carbonyl (C=O) groups excluding carboxylic acids is 2. The smallest absolute Gasteiger partial charge is 0.264 e. The second kappa shape index (κ2) is 14.0. The summed E-state index contributed by atoms with van der Waals surface area (Å²) in [4.78, 5) is 28.3. The lowest BCUT2D eigenvalue weighted by atomic mass is 10.1. The average Bonchev–Trinajstić information content (AvgIpc) is 2.96. The zero-order valence-electron chi connectivity index (χ0n) is 23.0. The lowest BCUT2D eigenvalue weighted by molar-refractivity contribution is -0.140. The number of likely N-dealkylation sites (N-methyl/N-ethyl adjacent to an activating group) is 1. The lowest BCUT2D eigenvalue weighted by Crippen LogP contribution is -2.52. The number of para-hydroxylation sites is 1. The van der Waals surface area contributed by atoms with Crippen molar-refractivity contribution in [1.29, 1.82) is 0 Å². The number of amides is 2. The van der Waals surface area contributed by atoms with Gasteiger partial charge in [0.1, 0.15) is 12.6 Å². The summed E-state index contributed by atoms with van der Waals surface area (Å²) < 4.78 is 39.6. The Balaban J connectivity index is 2.08. The highest BCUT2D eigenvalue weighted by atomic mass is 35.5. The third-order valence-corrected chi connectivity index (χ3v) is 8.44. The van der Waals surface area contributed by atoms with E-state index >= 15 is 0 Å². The maximum absolute atomic E-state index is 14.0. The Labute approximate surface area is 240 Å². The fourth-order valence-corrected chi connectivity index (χ4v) is 5.87. The number of nitrogens with zero attached hydrogens (tertiary/aromatic N) is 2. The quantitative estimate of drug-likeness (QED) is 0.316. The van der Waals surface area contributed by atoms with Gasteiger partial charge >= 0.3 is 0 Å². The van der Waals surface area contributed by atoms with Gasteiger partial charge in [0.15, 0.2) is 11.5 Å². The van der Waals surface area contributed by atoms with Gasteiger partial charge in [0.05, 0.1) is 24.8 Å². The number of methoxy groups -OCH3 is 2. The van der Waals surface area contributed by atoms with Crippen molar-refractivity contribution >= 4 is 39.1 Å². The van der Waals surface area contributed by atoms with Gasteiger partial charge in [0, 0.05) is 24.2 Å². The maximum Gasteiger partial charge on any atom is 0.264 e. The highest BCUT2D eigenvalue weighted by Gasteiger charge is 2.34. The molecule has 0 radical (unpaired) electrons. The summed E-state index contributed by atoms with van der Waals surface area (Å²) in [6.07, 6.45) is 0.315. The Kier molecular flexibility index (Phi) is 10.8. The fourth-order valence-electron chi connectivity index (χ4n) is 4.25. The normalized spacial score (nSPS) is 11.8. The molecule has 0 unspecified atom stereocenters. The Morgan fingerprint density at radius 2 is 1.57 bits per heavy atom. The van der Waals surface area contributed by atoms with Crippen LogP contribution in [0.5, 0.6) is 11.5 Å². The minimum absolute atomic E-state index is 0.0210. The maximum atomic E-state index is 14.0. The van der Waals surface area contributed by atoms with Gasteiger partial charge in [-0.1, -0.05) is 54.9 Å². The van der Waals surface area contributed by atoms with E-state index in [1.54, 1.807) is 68.4 Å². The van der Waals surface area contributed by atoms with Crippen molar-refractivity contribution < 1.29 is 27.5 Å². The van der Waals surface area contributed by atoms with E-state index in [1.807, 2.05) is 0 Å². The second-order valence-electron chi connectivity index (χ2n) is 8.80. The van der Waals surface area contributed by atoms with E-state index in [0.29, 0.717) is 29.3 Å². The molecule has 40 heavy (non-hydrogen) atoms. The Hall–Kier alpha value is -3.76. The highest BCUT2D eigenvalue weighted by Crippen LogP contribution is 2.32. The van der Waals surface area contributed by atoms with Crippen LogP contribution in [0, 0.1) is 0 Å². The number of rotatable bonds is 13. The largest absolute Gasteiger partial charge is 0.493 e. The summed E-state index contributed by atoms with van der Waals surface area (Å²) in [6.45, 7) is 3.43. The van der Waals surface area contributed by atoms with Crippen molar-refractivity contribution in [1.82, 2.24) is 10.2 Å². The van der Waals surface area contributed by atoms with Crippen LogP contribution >= 0.6 is 11.6 Å². The zero-order chi connectivity index (χ0) is 29.3. The van der Waals surface area contributed by atoms with E-state index in [-0.39, 0.29) is 28.8 Å². The van der Waals surface area contributed by atoms with E-state index in [9.17, 15) is 18.0 Å². The van der Waals surface area contributed by atoms with Gasteiger partial charge in [-0.15, -0.1) is 0 Å². The van der Waals surface area contributed by atoms with E-state index < -0.39 is 28.5 Å². The topological polar surface area (TPSA) is 105 Å². The molecule has 0 aliphatic rings. The Morgan fingerprint density at radius 1 is 0.925 bits per heavy atom. The third kappa shape index (κ3) is 7.05. The second-order valence-corrected chi connectivity index (χ2v) is 11.1. The van der Waals surface area contributed by atoms with E-state index in [2.05, 4.69) is 5.32 Å². The van der Waals surface area contributed by atoms with Crippen LogP contribution in [0.2, 0.25) is 5.02 Å². The van der Waals surface area contributed by atoms with Crippen molar-refractivity contribution in [3.05, 3.63) is 83.4 Å². The molecule has 11 heteroatoms. The first-order valence-corrected chi connectivity index (χ1v) is 14.6. The van der Waals surface area contributed by atoms with Gasteiger partial charge in [0.2, 0.25) is 11.8 Å². The van der Waals surface area contributed by atoms with E-state index in [4.69, 9.17) is 21.1 Å². The summed E-state index contributed by atoms with van der Waals surface area (Å²) in [7, 11) is -1.40. The summed E-state index contributed by atoms with van der Waals surface area (Å²) >= 11 is 6.40. The Morgan fingerprint density at radius 3 is 2.17 bits per heavy atom. The molecule has 0 aliphatic heterocycles. The first kappa shape index (κ1) is 30.8. The van der Waals surface area contributed by atoms with Gasteiger partial charge in [-0.3, -0.25) is 13.9 Å². The van der Waals surface area contributed by atoms with Crippen LogP contribution in [0.4, 0.5) is 5.69 Å². The number of hydrogen-bond donors (Lipinski definition) is 1. The molecule has 1 N–H and O–H groups in total. The van der Waals surface area contributed by atoms with Crippen LogP contribution in [0.3, 0.4) is 0 Å². The molecule has 0 aromatic heterocycles. The summed E-state index contributed by atoms with van der Waals surface area (Å²) in [5.74, 6) is -0.307. The van der Waals surface area contributed by atoms with Gasteiger partial charge in [-0.05, 0) is 49.2 Å². The molecule has 0 spiro atoms. The SMILES string of the molecule is CCNC(=O)[C@@H](CC)N(Cc1ccccc1Cl)C(=O)CN(c1ccccc1)S(=O)(=O)c1ccc(OC)c(OC)c1. The highest BCUT2D eigenvalue weighted by molar-refractivity contribution is 7.92. The van der Waals surface area contributed by atoms with Gasteiger partial charge in [-0.2, -0.15) is 0 Å². The third-order valence-electron chi connectivity index (χ3n) is 6.30. The van der Waals surface area contributed by atoms with Crippen molar-refractivity contribution in [2.45, 2.75) is 37.8 Å². The molecule has 9 nitrogen and oxygen atoms in total. The molecule has 2 amide bonds. The van der Waals surface area contributed by atoms with E-state index in [0.717, 1.165) is 4.31 Å². The van der Waals surface area contributed by atoms with Crippen LogP contribution in [0.1, 0.15) is 25.8 Å². The summed E-state index contributed by atoms with van der Waals surface area (Å²) in [6, 6.07) is 18.7. The number of hydrogen-bond acceptors (Lipinski definition) is 6. The molecule has 1 atom stereocenters. The van der Waals surface area contributed by atoms with Crippen molar-refractivity contribution in [2.24, 2.45) is 0 Å². The molecular formula is C29H34ClN3O6S. The molecule has 0 bridgehead atoms. The molecule has 0 aliphatic carbocycles. The van der Waals surface area contributed by atoms with Crippen molar-refractivity contribution in [3.8, 4) is 11.5 Å². The Bertz CT molecular complexity index is 1420. The number of ether oxygens (including phenoxy) is 2. The first-order chi connectivity index (χ1) is 19.2. The standard InChI is InChI=1S/C29H34ClN3O6S/c1-5-25(29(35)31-6-2)32(19-21-12-10-11-15-24(21)30)28(34)20-33(22-13-8-7-9-14-22)40(36,37)23-16-17-26(38-3)27(18-23)39-4/h7-18,25H,5-6,19-20H2,1-4H3,(H,31,35)/t25-/m1/s1. The van der Waals surface area contributed by atoms with E-state index in [1.165, 1.54) is 37.3 Å². The zero-order valence-corrected chi connectivity index (χ0v) is 24.5. The average molecular weight is 588 g/mol. The minimum atomic E-state index is -4.26. The van der Waals surface area contributed by atoms with Crippen LogP contribution < -0.4 is 19.1 Å². The first-order valence-electron chi connectivity index (χ1n) is 12.8. The number of carbonyl (C=O) groups is 2. The summed E-state index contributed by atoms with van der Waals surface area (Å²) in [5.41, 5.74) is 0.920. The van der Waals surface area contributed by atoms with Gasteiger partial charge in [0.25, 0.3) is 10.0 Å². The molecule has 0 saturated carbocycles. The molecule has 0 saturated heterocycles. The molecular weight excluding hydrogens is 554 g/mol. The molecule has 214 valence electrons. The molecule has 0 fully saturated rings. The molecule has 3 aromatic carbocycles. The van der Waals surface area contributed by atoms with Crippen molar-refractivity contribution in [3.63, 3.8) is 0 Å². The van der Waals surface area contributed by atoms with Gasteiger partial charge < -0.3 is 19.7 Å². The fraction of sp³-hybridized carbons (Fsp3) is 0.310. The van der Waals surface area contributed by atoms with Crippen LogP contribution in [0.15, 0.2) is 77.7 Å². The number of nitrogens with one attached hydrogen (secondary N) is 1. The van der Waals surface area contributed by atoms with Gasteiger partial charge in [-0.25, -0.2) is 8.42 Å². The van der Waals surface area contributed by atoms with Crippen LogP contribution in [-0.2, 0) is 26.2 Å². The molecule has 3 rings (SSSR count). The van der Waals surface area contributed by atoms with Crippen molar-refractivity contribution in [2.75, 3.05) is 31.6 Å². The van der Waals surface area contributed by atoms with Crippen LogP contribution in [-0.4, -0.2) is 58.5 Å². The predicted octanol–water partition coefficient (Wildman–Crippen LogP) is 4.50. The number of sulfonamides is 1. The van der Waals surface area contributed by atoms with Crippen LogP contribution in [0.25, 0.3) is 0 Å². The number of benzene rings is 3. The molecule has 0 heterocycles.